The van der Waals surface area contributed by atoms with E-state index in [0.29, 0.717) is 11.2 Å². The summed E-state index contributed by atoms with van der Waals surface area (Å²) in [6.07, 6.45) is 3.17. The molecule has 1 fully saturated rings. The zero-order valence-corrected chi connectivity index (χ0v) is 12.5. The van der Waals surface area contributed by atoms with Crippen molar-refractivity contribution in [3.05, 3.63) is 16.5 Å². The van der Waals surface area contributed by atoms with Gasteiger partial charge in [0.15, 0.2) is 0 Å². The van der Waals surface area contributed by atoms with Gasteiger partial charge in [0, 0.05) is 24.6 Å². The summed E-state index contributed by atoms with van der Waals surface area (Å²) in [5.41, 5.74) is 1.01. The van der Waals surface area contributed by atoms with E-state index in [1.54, 1.807) is 0 Å². The summed E-state index contributed by atoms with van der Waals surface area (Å²) >= 11 is 6.24. The van der Waals surface area contributed by atoms with Gasteiger partial charge in [-0.2, -0.15) is 0 Å². The van der Waals surface area contributed by atoms with Crippen LogP contribution in [0.2, 0.25) is 5.15 Å². The van der Waals surface area contributed by atoms with Gasteiger partial charge in [0.1, 0.15) is 16.8 Å². The summed E-state index contributed by atoms with van der Waals surface area (Å²) in [5.74, 6) is 2.63. The van der Waals surface area contributed by atoms with Crippen LogP contribution in [0, 0.1) is 12.8 Å². The third-order valence-corrected chi connectivity index (χ3v) is 4.00. The molecule has 4 heteroatoms. The van der Waals surface area contributed by atoms with Crippen molar-refractivity contribution in [1.82, 2.24) is 9.97 Å². The molecule has 0 aromatic carbocycles. The smallest absolute Gasteiger partial charge is 0.137 e. The van der Waals surface area contributed by atoms with Gasteiger partial charge in [0.05, 0.1) is 0 Å². The van der Waals surface area contributed by atoms with Crippen LogP contribution >= 0.6 is 11.6 Å². The summed E-state index contributed by atoms with van der Waals surface area (Å²) in [6.45, 7) is 9.78. The molecule has 3 nitrogen and oxygen atoms in total. The van der Waals surface area contributed by atoms with Crippen molar-refractivity contribution in [3.8, 4) is 0 Å². The molecule has 0 radical (unpaired) electrons. The average Bonchev–Trinajstić information content (AvgIpc) is 2.63. The van der Waals surface area contributed by atoms with Gasteiger partial charge in [-0.05, 0) is 32.6 Å². The van der Waals surface area contributed by atoms with E-state index in [0.717, 1.165) is 42.5 Å². The molecule has 1 saturated heterocycles. The summed E-state index contributed by atoms with van der Waals surface area (Å²) in [4.78, 5) is 11.5. The summed E-state index contributed by atoms with van der Waals surface area (Å²) < 4.78 is 0. The second-order valence-corrected chi connectivity index (χ2v) is 5.83. The molecule has 0 saturated carbocycles. The summed E-state index contributed by atoms with van der Waals surface area (Å²) in [6, 6.07) is 0.541. The first-order valence-electron chi connectivity index (χ1n) is 6.82. The van der Waals surface area contributed by atoms with E-state index < -0.39 is 0 Å². The second-order valence-electron chi connectivity index (χ2n) is 5.47. The minimum Gasteiger partial charge on any atom is -0.353 e. The molecule has 2 atom stereocenters. The predicted octanol–water partition coefficient (Wildman–Crippen LogP) is 3.63. The first-order valence-corrected chi connectivity index (χ1v) is 7.20. The number of anilines is 1. The maximum Gasteiger partial charge on any atom is 0.137 e. The normalized spacial score (nSPS) is 23.7. The van der Waals surface area contributed by atoms with Crippen LogP contribution in [-0.2, 0) is 6.42 Å². The first kappa shape index (κ1) is 13.6. The van der Waals surface area contributed by atoms with E-state index in [9.17, 15) is 0 Å². The zero-order valence-electron chi connectivity index (χ0n) is 11.7. The Morgan fingerprint density at radius 2 is 2.06 bits per heavy atom. The fourth-order valence-electron chi connectivity index (χ4n) is 2.73. The van der Waals surface area contributed by atoms with E-state index in [1.165, 1.54) is 6.42 Å². The summed E-state index contributed by atoms with van der Waals surface area (Å²) in [5, 5.41) is 0.607. The molecule has 1 aromatic rings. The Morgan fingerprint density at radius 1 is 1.33 bits per heavy atom. The lowest BCUT2D eigenvalue weighted by Crippen LogP contribution is -2.29. The number of aryl methyl sites for hydroxylation is 1. The number of aromatic nitrogens is 2. The Morgan fingerprint density at radius 3 is 2.61 bits per heavy atom. The maximum atomic E-state index is 6.24. The molecule has 18 heavy (non-hydrogen) atoms. The van der Waals surface area contributed by atoms with E-state index in [-0.39, 0.29) is 0 Å². The average molecular weight is 268 g/mol. The molecule has 1 aliphatic rings. The van der Waals surface area contributed by atoms with Crippen molar-refractivity contribution in [2.75, 3.05) is 11.4 Å². The molecule has 2 rings (SSSR count). The zero-order chi connectivity index (χ0) is 13.3. The van der Waals surface area contributed by atoms with Crippen LogP contribution in [0.4, 0.5) is 5.82 Å². The highest BCUT2D eigenvalue weighted by atomic mass is 35.5. The lowest BCUT2D eigenvalue weighted by atomic mass is 10.1. The minimum atomic E-state index is 0.541. The molecule has 1 aliphatic heterocycles. The van der Waals surface area contributed by atoms with Gasteiger partial charge in [0.25, 0.3) is 0 Å². The van der Waals surface area contributed by atoms with E-state index in [4.69, 9.17) is 16.6 Å². The van der Waals surface area contributed by atoms with Gasteiger partial charge in [0.2, 0.25) is 0 Å². The van der Waals surface area contributed by atoms with E-state index >= 15 is 0 Å². The van der Waals surface area contributed by atoms with Crippen LogP contribution in [0.25, 0.3) is 0 Å². The molecule has 1 aromatic heterocycles. The Labute approximate surface area is 115 Å². The third-order valence-electron chi connectivity index (χ3n) is 3.64. The van der Waals surface area contributed by atoms with Gasteiger partial charge in [-0.15, -0.1) is 0 Å². The molecular formula is C14H22ClN3. The second kappa shape index (κ2) is 5.43. The fourth-order valence-corrected chi connectivity index (χ4v) is 2.91. The van der Waals surface area contributed by atoms with Crippen molar-refractivity contribution in [2.24, 2.45) is 5.92 Å². The van der Waals surface area contributed by atoms with Crippen molar-refractivity contribution >= 4 is 17.4 Å². The van der Waals surface area contributed by atoms with Gasteiger partial charge < -0.3 is 4.90 Å². The fraction of sp³-hybridized carbons (Fsp3) is 0.714. The monoisotopic (exact) mass is 267 g/mol. The number of halogens is 1. The predicted molar refractivity (Wildman–Crippen MR) is 76.4 cm³/mol. The molecule has 0 spiro atoms. The Bertz CT molecular complexity index is 433. The van der Waals surface area contributed by atoms with Crippen LogP contribution < -0.4 is 4.90 Å². The number of hydrogen-bond donors (Lipinski definition) is 0. The quantitative estimate of drug-likeness (QED) is 0.783. The highest BCUT2D eigenvalue weighted by molar-refractivity contribution is 6.30. The first-order chi connectivity index (χ1) is 8.52. The van der Waals surface area contributed by atoms with Gasteiger partial charge in [-0.25, -0.2) is 9.97 Å². The molecular weight excluding hydrogens is 246 g/mol. The molecule has 0 amide bonds. The van der Waals surface area contributed by atoms with Crippen LogP contribution in [0.5, 0.6) is 0 Å². The Balaban J connectivity index is 2.36. The number of nitrogens with zero attached hydrogens (tertiary/aromatic N) is 3. The Hall–Kier alpha value is -0.830. The standard InChI is InChI=1S/C14H22ClN3/c1-5-6-12-16-13(15)11(4)14(17-12)18-8-9(2)7-10(18)3/h9-10H,5-8H2,1-4H3. The van der Waals surface area contributed by atoms with Crippen molar-refractivity contribution < 1.29 is 0 Å². The van der Waals surface area contributed by atoms with Crippen molar-refractivity contribution in [2.45, 2.75) is 53.0 Å². The topological polar surface area (TPSA) is 29.0 Å². The summed E-state index contributed by atoms with van der Waals surface area (Å²) in [7, 11) is 0. The van der Waals surface area contributed by atoms with Gasteiger partial charge >= 0.3 is 0 Å². The lowest BCUT2D eigenvalue weighted by molar-refractivity contribution is 0.625. The minimum absolute atomic E-state index is 0.541. The van der Waals surface area contributed by atoms with Crippen LogP contribution in [-0.4, -0.2) is 22.6 Å². The van der Waals surface area contributed by atoms with Gasteiger partial charge in [-0.3, -0.25) is 0 Å². The third kappa shape index (κ3) is 2.61. The van der Waals surface area contributed by atoms with E-state index in [2.05, 4.69) is 30.7 Å². The highest BCUT2D eigenvalue weighted by Crippen LogP contribution is 2.31. The molecule has 0 bridgehead atoms. The molecule has 2 heterocycles. The molecule has 0 aliphatic carbocycles. The molecule has 2 unspecified atom stereocenters. The molecule has 100 valence electrons. The SMILES string of the molecule is CCCc1nc(Cl)c(C)c(N2CC(C)CC2C)n1. The van der Waals surface area contributed by atoms with Crippen LogP contribution in [0.3, 0.4) is 0 Å². The number of hydrogen-bond acceptors (Lipinski definition) is 3. The van der Waals surface area contributed by atoms with Crippen LogP contribution in [0.15, 0.2) is 0 Å². The van der Waals surface area contributed by atoms with Crippen molar-refractivity contribution in [1.29, 1.82) is 0 Å². The van der Waals surface area contributed by atoms with Gasteiger partial charge in [-0.1, -0.05) is 25.4 Å². The lowest BCUT2D eigenvalue weighted by Gasteiger charge is -2.25. The largest absolute Gasteiger partial charge is 0.353 e. The van der Waals surface area contributed by atoms with Crippen LogP contribution in [0.1, 0.15) is 45.0 Å². The maximum absolute atomic E-state index is 6.24. The van der Waals surface area contributed by atoms with E-state index in [1.807, 2.05) is 6.92 Å². The number of rotatable bonds is 3. The Kier molecular flexibility index (Phi) is 4.10. The van der Waals surface area contributed by atoms with Crippen molar-refractivity contribution in [3.63, 3.8) is 0 Å². The molecule has 0 N–H and O–H groups in total. The highest BCUT2D eigenvalue weighted by Gasteiger charge is 2.29.